The molecule has 3 aromatic rings. The van der Waals surface area contributed by atoms with Crippen molar-refractivity contribution in [1.82, 2.24) is 10.6 Å². The van der Waals surface area contributed by atoms with Crippen molar-refractivity contribution in [3.05, 3.63) is 76.3 Å². The van der Waals surface area contributed by atoms with Gasteiger partial charge in [0.2, 0.25) is 11.8 Å². The summed E-state index contributed by atoms with van der Waals surface area (Å²) in [4.78, 5) is 50.9. The molecule has 1 unspecified atom stereocenters. The summed E-state index contributed by atoms with van der Waals surface area (Å²) in [5, 5.41) is 5.98. The van der Waals surface area contributed by atoms with Crippen LogP contribution in [0.25, 0.3) is 10.8 Å². The molecule has 0 spiro atoms. The molecule has 2 aliphatic heterocycles. The lowest BCUT2D eigenvalue weighted by molar-refractivity contribution is -0.147. The molecule has 5 rings (SSSR count). The van der Waals surface area contributed by atoms with Crippen LogP contribution in [-0.2, 0) is 26.9 Å². The van der Waals surface area contributed by atoms with Crippen molar-refractivity contribution in [3.63, 3.8) is 0 Å². The van der Waals surface area contributed by atoms with Gasteiger partial charge in [0.05, 0.1) is 5.69 Å². The Morgan fingerprint density at radius 1 is 1.09 bits per heavy atom. The average molecular weight is 498 g/mol. The van der Waals surface area contributed by atoms with Crippen LogP contribution in [0.4, 0.5) is 14.5 Å². The molecular formula is C25H18ClF2N3O4. The topological polar surface area (TPSA) is 95.6 Å². The molecule has 0 bridgehead atoms. The number of halogens is 3. The molecular weight excluding hydrogens is 480 g/mol. The number of hydrogen-bond acceptors (Lipinski definition) is 4. The molecule has 0 radical (unpaired) electrons. The Morgan fingerprint density at radius 2 is 1.83 bits per heavy atom. The van der Waals surface area contributed by atoms with Crippen molar-refractivity contribution in [1.29, 1.82) is 0 Å². The van der Waals surface area contributed by atoms with E-state index in [1.54, 1.807) is 30.3 Å². The minimum absolute atomic E-state index is 0.117. The Morgan fingerprint density at radius 3 is 2.54 bits per heavy atom. The molecule has 0 aliphatic carbocycles. The van der Waals surface area contributed by atoms with Crippen molar-refractivity contribution in [2.24, 2.45) is 0 Å². The van der Waals surface area contributed by atoms with E-state index in [0.29, 0.717) is 27.6 Å². The van der Waals surface area contributed by atoms with E-state index in [1.807, 2.05) is 0 Å². The van der Waals surface area contributed by atoms with Gasteiger partial charge in [-0.25, -0.2) is 0 Å². The van der Waals surface area contributed by atoms with Crippen molar-refractivity contribution in [3.8, 4) is 0 Å². The maximum Gasteiger partial charge on any atom is 0.349 e. The first-order chi connectivity index (χ1) is 16.7. The van der Waals surface area contributed by atoms with Gasteiger partial charge in [0.1, 0.15) is 6.04 Å². The van der Waals surface area contributed by atoms with E-state index in [2.05, 4.69) is 10.6 Å². The molecule has 1 saturated heterocycles. The predicted molar refractivity (Wildman–Crippen MR) is 124 cm³/mol. The summed E-state index contributed by atoms with van der Waals surface area (Å²) >= 11 is 5.74. The summed E-state index contributed by atoms with van der Waals surface area (Å²) in [6.07, 6.45) is 0.315. The molecule has 1 fully saturated rings. The van der Waals surface area contributed by atoms with E-state index in [9.17, 15) is 28.0 Å². The maximum atomic E-state index is 14.6. The van der Waals surface area contributed by atoms with Crippen LogP contribution < -0.4 is 15.5 Å². The van der Waals surface area contributed by atoms with Crippen LogP contribution in [0, 0.1) is 0 Å². The van der Waals surface area contributed by atoms with Crippen LogP contribution in [0.5, 0.6) is 0 Å². The maximum absolute atomic E-state index is 14.6. The zero-order valence-electron chi connectivity index (χ0n) is 18.1. The number of carbonyl (C=O) groups is 4. The zero-order valence-corrected chi connectivity index (χ0v) is 18.9. The summed E-state index contributed by atoms with van der Waals surface area (Å²) in [7, 11) is 0. The summed E-state index contributed by atoms with van der Waals surface area (Å²) in [6, 6.07) is 12.2. The third kappa shape index (κ3) is 3.81. The smallest absolute Gasteiger partial charge is 0.346 e. The number of rotatable bonds is 5. The Labute approximate surface area is 203 Å². The van der Waals surface area contributed by atoms with E-state index in [4.69, 9.17) is 11.6 Å². The minimum Gasteiger partial charge on any atom is -0.346 e. The van der Waals surface area contributed by atoms with Crippen molar-refractivity contribution in [2.45, 2.75) is 31.4 Å². The molecule has 2 aliphatic rings. The van der Waals surface area contributed by atoms with Crippen molar-refractivity contribution >= 4 is 51.7 Å². The van der Waals surface area contributed by atoms with Gasteiger partial charge >= 0.3 is 5.92 Å². The second-order valence-corrected chi connectivity index (χ2v) is 8.81. The number of amides is 4. The van der Waals surface area contributed by atoms with Crippen LogP contribution in [0.1, 0.15) is 34.3 Å². The van der Waals surface area contributed by atoms with Gasteiger partial charge in [-0.3, -0.25) is 29.4 Å². The first-order valence-corrected chi connectivity index (χ1v) is 11.2. The van der Waals surface area contributed by atoms with E-state index in [1.165, 1.54) is 17.0 Å². The number of hydrogen-bond donors (Lipinski definition) is 2. The first-order valence-electron chi connectivity index (χ1n) is 10.8. The van der Waals surface area contributed by atoms with Gasteiger partial charge in [-0.1, -0.05) is 41.9 Å². The highest BCUT2D eigenvalue weighted by Gasteiger charge is 2.42. The largest absolute Gasteiger partial charge is 0.349 e. The Kier molecular flexibility index (Phi) is 5.52. The fourth-order valence-corrected chi connectivity index (χ4v) is 4.66. The van der Waals surface area contributed by atoms with Crippen LogP contribution in [0.2, 0.25) is 5.02 Å². The molecule has 0 saturated carbocycles. The summed E-state index contributed by atoms with van der Waals surface area (Å²) in [5.74, 6) is -6.55. The van der Waals surface area contributed by atoms with Crippen LogP contribution in [0.3, 0.4) is 0 Å². The molecule has 2 N–H and O–H groups in total. The van der Waals surface area contributed by atoms with E-state index < -0.39 is 29.3 Å². The standard InChI is InChI=1S/C25H18ClF2N3O4/c26-15-7-5-14(6-8-15)25(27,28)24(35)29-12-13-4-9-17-21-16(13)2-1-3-18(21)31(23(17)34)19-10-11-20(32)30-22(19)33/h1-9,19H,10-12H2,(H,29,35)(H,30,32,33). The van der Waals surface area contributed by atoms with Gasteiger partial charge < -0.3 is 5.32 Å². The summed E-state index contributed by atoms with van der Waals surface area (Å²) in [6.45, 7) is -0.200. The highest BCUT2D eigenvalue weighted by Crippen LogP contribution is 2.41. The molecule has 0 aromatic heterocycles. The lowest BCUT2D eigenvalue weighted by Gasteiger charge is -2.30. The lowest BCUT2D eigenvalue weighted by Crippen LogP contribution is -2.53. The molecule has 1 atom stereocenters. The monoisotopic (exact) mass is 497 g/mol. The lowest BCUT2D eigenvalue weighted by atomic mass is 9.99. The van der Waals surface area contributed by atoms with Crippen molar-refractivity contribution < 1.29 is 28.0 Å². The molecule has 10 heteroatoms. The normalized spacial score (nSPS) is 17.6. The Hall–Kier alpha value is -3.85. The third-order valence-electron chi connectivity index (χ3n) is 6.27. The number of nitrogens with zero attached hydrogens (tertiary/aromatic N) is 1. The second kappa shape index (κ2) is 8.42. The number of imide groups is 1. The SMILES string of the molecule is O=C1CCC(N2C(=O)c3ccc(CNC(=O)C(F)(F)c4ccc(Cl)cc4)c4cccc2c34)C(=O)N1. The highest BCUT2D eigenvalue weighted by molar-refractivity contribution is 6.30. The van der Waals surface area contributed by atoms with E-state index in [0.717, 1.165) is 12.1 Å². The Bertz CT molecular complexity index is 1410. The number of carbonyl (C=O) groups excluding carboxylic acids is 4. The quantitative estimate of drug-likeness (QED) is 0.526. The number of piperidine rings is 1. The second-order valence-electron chi connectivity index (χ2n) is 8.38. The molecule has 7 nitrogen and oxygen atoms in total. The molecule has 178 valence electrons. The third-order valence-corrected chi connectivity index (χ3v) is 6.52. The van der Waals surface area contributed by atoms with E-state index >= 15 is 0 Å². The predicted octanol–water partition coefficient (Wildman–Crippen LogP) is 3.67. The fraction of sp³-hybridized carbons (Fsp3) is 0.200. The Balaban J connectivity index is 1.43. The highest BCUT2D eigenvalue weighted by atomic mass is 35.5. The number of anilines is 1. The first kappa shape index (κ1) is 22.9. The van der Waals surface area contributed by atoms with Gasteiger partial charge in [-0.2, -0.15) is 8.78 Å². The van der Waals surface area contributed by atoms with E-state index in [-0.39, 0.29) is 36.2 Å². The van der Waals surface area contributed by atoms with Gasteiger partial charge in [0.25, 0.3) is 11.8 Å². The summed E-state index contributed by atoms with van der Waals surface area (Å²) < 4.78 is 29.3. The van der Waals surface area contributed by atoms with Crippen LogP contribution in [-0.4, -0.2) is 29.7 Å². The van der Waals surface area contributed by atoms with Gasteiger partial charge in [-0.05, 0) is 41.6 Å². The molecule has 2 heterocycles. The molecule has 35 heavy (non-hydrogen) atoms. The number of alkyl halides is 2. The molecule has 4 amide bonds. The van der Waals surface area contributed by atoms with Crippen molar-refractivity contribution in [2.75, 3.05) is 4.90 Å². The number of nitrogens with one attached hydrogen (secondary N) is 2. The zero-order chi connectivity index (χ0) is 24.9. The number of benzene rings is 3. The van der Waals surface area contributed by atoms with Crippen LogP contribution >= 0.6 is 11.6 Å². The van der Waals surface area contributed by atoms with Gasteiger partial charge in [0, 0.05) is 34.5 Å². The minimum atomic E-state index is -3.77. The van der Waals surface area contributed by atoms with Gasteiger partial charge in [-0.15, -0.1) is 0 Å². The summed E-state index contributed by atoms with van der Waals surface area (Å²) in [5.41, 5.74) is 0.910. The van der Waals surface area contributed by atoms with Gasteiger partial charge in [0.15, 0.2) is 0 Å². The average Bonchev–Trinajstić information content (AvgIpc) is 3.11. The molecule has 3 aromatic carbocycles. The van der Waals surface area contributed by atoms with Crippen LogP contribution in [0.15, 0.2) is 54.6 Å². The fourth-order valence-electron chi connectivity index (χ4n) is 4.53.